The third-order valence-electron chi connectivity index (χ3n) is 5.34. The number of nitrogens with one attached hydrogen (secondary N) is 1. The first-order chi connectivity index (χ1) is 12.3. The van der Waals surface area contributed by atoms with Crippen LogP contribution in [0.3, 0.4) is 0 Å². The molecule has 2 aliphatic rings. The fraction of sp³-hybridized carbons (Fsp3) is 0.737. The van der Waals surface area contributed by atoms with E-state index in [-0.39, 0.29) is 11.8 Å². The van der Waals surface area contributed by atoms with Crippen LogP contribution >= 0.6 is 0 Å². The topological polar surface area (TPSA) is 61.4 Å². The van der Waals surface area contributed by atoms with E-state index in [0.717, 1.165) is 70.0 Å². The Labute approximate surface area is 151 Å². The van der Waals surface area contributed by atoms with E-state index in [0.29, 0.717) is 0 Å². The van der Waals surface area contributed by atoms with Gasteiger partial charge in [0.05, 0.1) is 0 Å². The predicted octanol–water partition coefficient (Wildman–Crippen LogP) is 2.60. The molecule has 2 aliphatic heterocycles. The van der Waals surface area contributed by atoms with Gasteiger partial charge in [0.2, 0.25) is 5.91 Å². The van der Waals surface area contributed by atoms with Gasteiger partial charge in [0.25, 0.3) is 0 Å². The molecule has 1 N–H and O–H groups in total. The molecule has 0 spiro atoms. The van der Waals surface area contributed by atoms with Crippen molar-refractivity contribution in [2.45, 2.75) is 51.9 Å². The van der Waals surface area contributed by atoms with E-state index in [1.54, 1.807) is 0 Å². The number of nitrogens with zero attached hydrogens (tertiary/aromatic N) is 4. The molecule has 1 aromatic heterocycles. The fourth-order valence-electron chi connectivity index (χ4n) is 3.68. The highest BCUT2D eigenvalue weighted by molar-refractivity contribution is 5.78. The summed E-state index contributed by atoms with van der Waals surface area (Å²) in [5.41, 5.74) is 0. The van der Waals surface area contributed by atoms with Crippen molar-refractivity contribution in [2.24, 2.45) is 5.92 Å². The van der Waals surface area contributed by atoms with Crippen molar-refractivity contribution in [1.82, 2.24) is 15.5 Å². The molecule has 6 heteroatoms. The van der Waals surface area contributed by atoms with Crippen LogP contribution in [0.4, 0.5) is 11.6 Å². The highest BCUT2D eigenvalue weighted by atomic mass is 16.1. The van der Waals surface area contributed by atoms with E-state index < -0.39 is 0 Å². The minimum atomic E-state index is 0.147. The van der Waals surface area contributed by atoms with Gasteiger partial charge in [-0.3, -0.25) is 4.79 Å². The molecule has 138 valence electrons. The average molecular weight is 345 g/mol. The second kappa shape index (κ2) is 9.02. The van der Waals surface area contributed by atoms with Gasteiger partial charge in [0.1, 0.15) is 0 Å². The highest BCUT2D eigenvalue weighted by Gasteiger charge is 2.25. The Morgan fingerprint density at radius 2 is 1.64 bits per heavy atom. The second-order valence-electron chi connectivity index (χ2n) is 7.20. The minimum Gasteiger partial charge on any atom is -0.356 e. The maximum atomic E-state index is 12.2. The molecule has 2 saturated heterocycles. The van der Waals surface area contributed by atoms with E-state index in [4.69, 9.17) is 0 Å². The first-order valence-corrected chi connectivity index (χ1v) is 9.89. The summed E-state index contributed by atoms with van der Waals surface area (Å²) in [5, 5.41) is 11.9. The van der Waals surface area contributed by atoms with Crippen molar-refractivity contribution in [1.29, 1.82) is 0 Å². The maximum Gasteiger partial charge on any atom is 0.223 e. The molecule has 0 unspecified atom stereocenters. The van der Waals surface area contributed by atoms with Crippen LogP contribution in [0.25, 0.3) is 0 Å². The zero-order valence-corrected chi connectivity index (χ0v) is 15.4. The molecule has 0 radical (unpaired) electrons. The van der Waals surface area contributed by atoms with Crippen LogP contribution in [0.1, 0.15) is 51.9 Å². The lowest BCUT2D eigenvalue weighted by Crippen LogP contribution is -2.41. The molecule has 1 amide bonds. The van der Waals surface area contributed by atoms with Crippen LogP contribution < -0.4 is 15.1 Å². The number of hydrogen-bond acceptors (Lipinski definition) is 5. The standard InChI is InChI=1S/C19H31N5O/c1-2-3-11-20-19(25)16-9-14-24(15-10-16)18-8-7-17(21-22-18)23-12-5-4-6-13-23/h7-8,16H,2-6,9-15H2,1H3,(H,20,25). The van der Waals surface area contributed by atoms with E-state index in [2.05, 4.69) is 44.4 Å². The van der Waals surface area contributed by atoms with Crippen LogP contribution in [-0.2, 0) is 4.79 Å². The van der Waals surface area contributed by atoms with Gasteiger partial charge in [-0.25, -0.2) is 0 Å². The smallest absolute Gasteiger partial charge is 0.223 e. The average Bonchev–Trinajstić information content (AvgIpc) is 2.69. The molecule has 0 saturated carbocycles. The number of anilines is 2. The van der Waals surface area contributed by atoms with Gasteiger partial charge in [0, 0.05) is 38.6 Å². The van der Waals surface area contributed by atoms with Crippen molar-refractivity contribution in [3.05, 3.63) is 12.1 Å². The largest absolute Gasteiger partial charge is 0.356 e. The molecule has 0 atom stereocenters. The summed E-state index contributed by atoms with van der Waals surface area (Å²) in [5.74, 6) is 2.30. The van der Waals surface area contributed by atoms with E-state index in [1.807, 2.05) is 0 Å². The zero-order chi connectivity index (χ0) is 17.5. The number of aromatic nitrogens is 2. The quantitative estimate of drug-likeness (QED) is 0.803. The zero-order valence-electron chi connectivity index (χ0n) is 15.4. The lowest BCUT2D eigenvalue weighted by molar-refractivity contribution is -0.125. The normalized spacial score (nSPS) is 19.1. The summed E-state index contributed by atoms with van der Waals surface area (Å²) < 4.78 is 0. The Kier molecular flexibility index (Phi) is 6.48. The van der Waals surface area contributed by atoms with Crippen LogP contribution in [0.15, 0.2) is 12.1 Å². The van der Waals surface area contributed by atoms with Gasteiger partial charge >= 0.3 is 0 Å². The van der Waals surface area contributed by atoms with Gasteiger partial charge in [-0.1, -0.05) is 13.3 Å². The Morgan fingerprint density at radius 3 is 2.20 bits per heavy atom. The van der Waals surface area contributed by atoms with E-state index >= 15 is 0 Å². The molecule has 0 aliphatic carbocycles. The molecule has 25 heavy (non-hydrogen) atoms. The van der Waals surface area contributed by atoms with Gasteiger partial charge in [-0.05, 0) is 50.7 Å². The number of rotatable bonds is 6. The van der Waals surface area contributed by atoms with Crippen molar-refractivity contribution in [2.75, 3.05) is 42.5 Å². The van der Waals surface area contributed by atoms with Crippen LogP contribution in [0.5, 0.6) is 0 Å². The third kappa shape index (κ3) is 4.83. The summed E-state index contributed by atoms with van der Waals surface area (Å²) in [6.07, 6.45) is 7.78. The number of piperidine rings is 2. The predicted molar refractivity (Wildman–Crippen MR) is 101 cm³/mol. The summed E-state index contributed by atoms with van der Waals surface area (Å²) in [6, 6.07) is 4.18. The first kappa shape index (κ1) is 18.0. The van der Waals surface area contributed by atoms with Crippen LogP contribution in [-0.4, -0.2) is 48.8 Å². The summed E-state index contributed by atoms with van der Waals surface area (Å²) in [7, 11) is 0. The van der Waals surface area contributed by atoms with Crippen LogP contribution in [0, 0.1) is 5.92 Å². The van der Waals surface area contributed by atoms with Gasteiger partial charge < -0.3 is 15.1 Å². The Hall–Kier alpha value is -1.85. The first-order valence-electron chi connectivity index (χ1n) is 9.89. The summed E-state index contributed by atoms with van der Waals surface area (Å²) >= 11 is 0. The number of carbonyl (C=O) groups excluding carboxylic acids is 1. The molecule has 3 rings (SSSR count). The molecule has 0 bridgehead atoms. The number of carbonyl (C=O) groups is 1. The fourth-order valence-corrected chi connectivity index (χ4v) is 3.68. The minimum absolute atomic E-state index is 0.147. The highest BCUT2D eigenvalue weighted by Crippen LogP contribution is 2.23. The molecular formula is C19H31N5O. The third-order valence-corrected chi connectivity index (χ3v) is 5.34. The molecular weight excluding hydrogens is 314 g/mol. The van der Waals surface area contributed by atoms with Crippen molar-refractivity contribution in [3.63, 3.8) is 0 Å². The molecule has 0 aromatic carbocycles. The van der Waals surface area contributed by atoms with Gasteiger partial charge in [-0.15, -0.1) is 10.2 Å². The number of hydrogen-bond donors (Lipinski definition) is 1. The van der Waals surface area contributed by atoms with Gasteiger partial charge in [-0.2, -0.15) is 0 Å². The van der Waals surface area contributed by atoms with Crippen molar-refractivity contribution >= 4 is 17.5 Å². The Balaban J connectivity index is 1.48. The molecule has 3 heterocycles. The van der Waals surface area contributed by atoms with E-state index in [1.165, 1.54) is 19.3 Å². The lowest BCUT2D eigenvalue weighted by Gasteiger charge is -2.32. The maximum absolute atomic E-state index is 12.2. The van der Waals surface area contributed by atoms with Crippen LogP contribution in [0.2, 0.25) is 0 Å². The number of unbranched alkanes of at least 4 members (excludes halogenated alkanes) is 1. The second-order valence-corrected chi connectivity index (χ2v) is 7.20. The van der Waals surface area contributed by atoms with Gasteiger partial charge in [0.15, 0.2) is 11.6 Å². The monoisotopic (exact) mass is 345 g/mol. The Morgan fingerprint density at radius 1 is 1.04 bits per heavy atom. The summed E-state index contributed by atoms with van der Waals surface area (Å²) in [6.45, 7) is 6.88. The number of amides is 1. The Bertz CT molecular complexity index is 533. The molecule has 1 aromatic rings. The summed E-state index contributed by atoms with van der Waals surface area (Å²) in [4.78, 5) is 16.8. The molecule has 6 nitrogen and oxygen atoms in total. The molecule has 2 fully saturated rings. The van der Waals surface area contributed by atoms with E-state index in [9.17, 15) is 4.79 Å². The van der Waals surface area contributed by atoms with Crippen molar-refractivity contribution < 1.29 is 4.79 Å². The lowest BCUT2D eigenvalue weighted by atomic mass is 9.96. The van der Waals surface area contributed by atoms with Crippen molar-refractivity contribution in [3.8, 4) is 0 Å². The SMILES string of the molecule is CCCCNC(=O)C1CCN(c2ccc(N3CCCCC3)nn2)CC1.